The quantitative estimate of drug-likeness (QED) is 0.747. The molecule has 0 bridgehead atoms. The summed E-state index contributed by atoms with van der Waals surface area (Å²) in [5.41, 5.74) is 1.01. The Labute approximate surface area is 148 Å². The molecule has 24 heavy (non-hydrogen) atoms. The van der Waals surface area contributed by atoms with Crippen LogP contribution in [0.5, 0.6) is 0 Å². The van der Waals surface area contributed by atoms with Crippen molar-refractivity contribution in [3.8, 4) is 9.88 Å². The van der Waals surface area contributed by atoms with Crippen LogP contribution in [-0.2, 0) is 0 Å². The van der Waals surface area contributed by atoms with Gasteiger partial charge in [-0.15, -0.1) is 22.7 Å². The summed E-state index contributed by atoms with van der Waals surface area (Å²) in [4.78, 5) is 19.0. The number of nitrogens with one attached hydrogen (secondary N) is 2. The summed E-state index contributed by atoms with van der Waals surface area (Å²) in [5, 5.41) is 7.56. The number of benzene rings is 1. The Balaban J connectivity index is 1.52. The summed E-state index contributed by atoms with van der Waals surface area (Å²) in [6, 6.07) is 12.6. The van der Waals surface area contributed by atoms with E-state index in [1.165, 1.54) is 16.0 Å². The monoisotopic (exact) mass is 357 g/mol. The second-order valence-electron chi connectivity index (χ2n) is 6.12. The zero-order valence-electron chi connectivity index (χ0n) is 13.4. The third-order valence-corrected chi connectivity index (χ3v) is 6.70. The molecule has 1 saturated heterocycles. The van der Waals surface area contributed by atoms with Crippen LogP contribution in [0.4, 0.5) is 0 Å². The van der Waals surface area contributed by atoms with Crippen molar-refractivity contribution in [1.29, 1.82) is 0 Å². The molecule has 1 fully saturated rings. The third kappa shape index (κ3) is 3.09. The molecule has 4 nitrogen and oxygen atoms in total. The van der Waals surface area contributed by atoms with E-state index in [4.69, 9.17) is 0 Å². The molecule has 1 amide bonds. The number of nitrogens with zero attached hydrogens (tertiary/aromatic N) is 1. The predicted molar refractivity (Wildman–Crippen MR) is 101 cm³/mol. The van der Waals surface area contributed by atoms with Crippen LogP contribution >= 0.6 is 22.7 Å². The number of aromatic nitrogens is 1. The predicted octanol–water partition coefficient (Wildman–Crippen LogP) is 3.90. The van der Waals surface area contributed by atoms with E-state index >= 15 is 0 Å². The molecule has 2 unspecified atom stereocenters. The molecule has 0 spiro atoms. The fraction of sp³-hybridized carbons (Fsp3) is 0.333. The van der Waals surface area contributed by atoms with E-state index in [2.05, 4.69) is 28.6 Å². The number of carbonyl (C=O) groups excluding carboxylic acids is 1. The average molecular weight is 358 g/mol. The molecule has 0 aliphatic carbocycles. The van der Waals surface area contributed by atoms with Gasteiger partial charge < -0.3 is 10.6 Å². The molecule has 1 aliphatic rings. The van der Waals surface area contributed by atoms with Crippen molar-refractivity contribution in [1.82, 2.24) is 15.6 Å². The summed E-state index contributed by atoms with van der Waals surface area (Å²) in [7, 11) is 0. The van der Waals surface area contributed by atoms with Crippen molar-refractivity contribution in [2.45, 2.75) is 31.8 Å². The number of carbonyl (C=O) groups is 1. The fourth-order valence-electron chi connectivity index (χ4n) is 3.03. The van der Waals surface area contributed by atoms with E-state index in [1.54, 1.807) is 11.3 Å². The van der Waals surface area contributed by atoms with Gasteiger partial charge in [0.1, 0.15) is 5.01 Å². The summed E-state index contributed by atoms with van der Waals surface area (Å²) >= 11 is 3.18. The van der Waals surface area contributed by atoms with Gasteiger partial charge in [-0.25, -0.2) is 4.98 Å². The van der Waals surface area contributed by atoms with E-state index < -0.39 is 0 Å². The molecule has 2 atom stereocenters. The van der Waals surface area contributed by atoms with Gasteiger partial charge in [0, 0.05) is 12.1 Å². The van der Waals surface area contributed by atoms with Gasteiger partial charge in [0.15, 0.2) is 0 Å². The summed E-state index contributed by atoms with van der Waals surface area (Å²) < 4.78 is 1.18. The first-order valence-corrected chi connectivity index (χ1v) is 9.84. The summed E-state index contributed by atoms with van der Waals surface area (Å²) in [6.07, 6.45) is 2.15. The number of para-hydroxylation sites is 1. The number of rotatable bonds is 3. The minimum atomic E-state index is 0.0212. The lowest BCUT2D eigenvalue weighted by Crippen LogP contribution is -2.51. The smallest absolute Gasteiger partial charge is 0.261 e. The Bertz CT molecular complexity index is 837. The van der Waals surface area contributed by atoms with Gasteiger partial charge in [0.25, 0.3) is 5.91 Å². The summed E-state index contributed by atoms with van der Waals surface area (Å²) in [5.74, 6) is 0.0212. The second kappa shape index (κ2) is 6.63. The maximum absolute atomic E-state index is 12.5. The van der Waals surface area contributed by atoms with Crippen LogP contribution in [-0.4, -0.2) is 29.5 Å². The van der Waals surface area contributed by atoms with E-state index in [1.807, 2.05) is 30.3 Å². The van der Waals surface area contributed by atoms with Crippen LogP contribution in [0.15, 0.2) is 36.4 Å². The van der Waals surface area contributed by atoms with E-state index in [9.17, 15) is 4.79 Å². The van der Waals surface area contributed by atoms with Crippen LogP contribution in [0.3, 0.4) is 0 Å². The number of piperidine rings is 1. The molecule has 0 saturated carbocycles. The van der Waals surface area contributed by atoms with Gasteiger partial charge >= 0.3 is 0 Å². The van der Waals surface area contributed by atoms with Crippen LogP contribution in [0.1, 0.15) is 29.4 Å². The molecular weight excluding hydrogens is 338 g/mol. The molecule has 6 heteroatoms. The number of amides is 1. The maximum atomic E-state index is 12.5. The zero-order chi connectivity index (χ0) is 16.5. The van der Waals surface area contributed by atoms with Crippen molar-refractivity contribution < 1.29 is 4.79 Å². The lowest BCUT2D eigenvalue weighted by molar-refractivity contribution is 0.0924. The molecule has 3 heterocycles. The number of hydrogen-bond donors (Lipinski definition) is 2. The molecule has 2 N–H and O–H groups in total. The molecule has 1 aliphatic heterocycles. The van der Waals surface area contributed by atoms with Gasteiger partial charge in [-0.2, -0.15) is 0 Å². The molecule has 124 valence electrons. The minimum absolute atomic E-state index is 0.0212. The largest absolute Gasteiger partial charge is 0.347 e. The normalized spacial score (nSPS) is 21.0. The molecule has 4 rings (SSSR count). The molecule has 2 aromatic heterocycles. The molecule has 3 aromatic rings. The van der Waals surface area contributed by atoms with Crippen LogP contribution in [0.2, 0.25) is 0 Å². The SMILES string of the molecule is CC1NCCCC1NC(=O)c1ccc(-c2nc3ccccc3s2)s1. The third-order valence-electron chi connectivity index (χ3n) is 4.41. The molecule has 0 radical (unpaired) electrons. The van der Waals surface area contributed by atoms with Gasteiger partial charge in [-0.05, 0) is 50.6 Å². The lowest BCUT2D eigenvalue weighted by atomic mass is 10.00. The van der Waals surface area contributed by atoms with Crippen molar-refractivity contribution in [3.63, 3.8) is 0 Å². The number of hydrogen-bond acceptors (Lipinski definition) is 5. The van der Waals surface area contributed by atoms with Crippen LogP contribution < -0.4 is 10.6 Å². The minimum Gasteiger partial charge on any atom is -0.347 e. The van der Waals surface area contributed by atoms with E-state index in [0.717, 1.165) is 39.7 Å². The Morgan fingerprint density at radius 1 is 1.25 bits per heavy atom. The topological polar surface area (TPSA) is 54.0 Å². The van der Waals surface area contributed by atoms with E-state index in [-0.39, 0.29) is 11.9 Å². The molecular formula is C18H19N3OS2. The van der Waals surface area contributed by atoms with Gasteiger partial charge in [-0.3, -0.25) is 4.79 Å². The highest BCUT2D eigenvalue weighted by Crippen LogP contribution is 2.34. The zero-order valence-corrected chi connectivity index (χ0v) is 15.0. The molecule has 1 aromatic carbocycles. The maximum Gasteiger partial charge on any atom is 0.261 e. The Kier molecular flexibility index (Phi) is 4.35. The van der Waals surface area contributed by atoms with E-state index in [0.29, 0.717) is 6.04 Å². The Morgan fingerprint density at radius 2 is 2.12 bits per heavy atom. The van der Waals surface area contributed by atoms with Gasteiger partial charge in [0.2, 0.25) is 0 Å². The van der Waals surface area contributed by atoms with Gasteiger partial charge in [-0.1, -0.05) is 12.1 Å². The highest BCUT2D eigenvalue weighted by atomic mass is 32.1. The highest BCUT2D eigenvalue weighted by Gasteiger charge is 2.23. The fourth-order valence-corrected chi connectivity index (χ4v) is 4.96. The number of thiophene rings is 1. The average Bonchev–Trinajstić information content (AvgIpc) is 3.23. The van der Waals surface area contributed by atoms with Gasteiger partial charge in [0.05, 0.1) is 20.0 Å². The second-order valence-corrected chi connectivity index (χ2v) is 8.23. The number of thiazole rings is 1. The first kappa shape index (κ1) is 15.7. The van der Waals surface area contributed by atoms with Crippen LogP contribution in [0, 0.1) is 0 Å². The number of fused-ring (bicyclic) bond motifs is 1. The first-order chi connectivity index (χ1) is 11.7. The Morgan fingerprint density at radius 3 is 2.96 bits per heavy atom. The summed E-state index contributed by atoms with van der Waals surface area (Å²) in [6.45, 7) is 3.17. The Hall–Kier alpha value is -1.76. The van der Waals surface area contributed by atoms with Crippen molar-refractivity contribution in [3.05, 3.63) is 41.3 Å². The van der Waals surface area contributed by atoms with Crippen molar-refractivity contribution >= 4 is 38.8 Å². The van der Waals surface area contributed by atoms with Crippen molar-refractivity contribution in [2.24, 2.45) is 0 Å². The standard InChI is InChI=1S/C18H19N3OS2/c1-11-12(6-4-10-19-11)20-17(22)15-8-9-16(23-15)18-21-13-5-2-3-7-14(13)24-18/h2-3,5,7-9,11-12,19H,4,6,10H2,1H3,(H,20,22). The first-order valence-electron chi connectivity index (χ1n) is 8.21. The highest BCUT2D eigenvalue weighted by molar-refractivity contribution is 7.26. The van der Waals surface area contributed by atoms with Crippen LogP contribution in [0.25, 0.3) is 20.1 Å². The lowest BCUT2D eigenvalue weighted by Gasteiger charge is -2.30. The van der Waals surface area contributed by atoms with Crippen molar-refractivity contribution in [2.75, 3.05) is 6.54 Å².